The molecule has 0 saturated heterocycles. The van der Waals surface area contributed by atoms with Crippen LogP contribution in [0.1, 0.15) is 44.2 Å². The van der Waals surface area contributed by atoms with Crippen LogP contribution in [0.2, 0.25) is 0 Å². The first-order valence-electron chi connectivity index (χ1n) is 7.18. The monoisotopic (exact) mass is 301 g/mol. The van der Waals surface area contributed by atoms with Gasteiger partial charge in [-0.2, -0.15) is 13.2 Å². The molecule has 2 rings (SSSR count). The Hall–Kier alpha value is -1.23. The van der Waals surface area contributed by atoms with Crippen LogP contribution in [0.25, 0.3) is 0 Å². The minimum absolute atomic E-state index is 0.0798. The van der Waals surface area contributed by atoms with Crippen LogP contribution in [0.4, 0.5) is 13.2 Å². The molecular formula is C16H22F3NO. The van der Waals surface area contributed by atoms with Gasteiger partial charge in [-0.05, 0) is 41.4 Å². The van der Waals surface area contributed by atoms with E-state index in [0.717, 1.165) is 12.0 Å². The van der Waals surface area contributed by atoms with Gasteiger partial charge >= 0.3 is 6.18 Å². The molecule has 0 aromatic heterocycles. The van der Waals surface area contributed by atoms with E-state index in [1.165, 1.54) is 12.1 Å². The van der Waals surface area contributed by atoms with E-state index in [9.17, 15) is 13.2 Å². The Labute approximate surface area is 123 Å². The fourth-order valence-electron chi connectivity index (χ4n) is 2.82. The molecule has 0 amide bonds. The van der Waals surface area contributed by atoms with Crippen LogP contribution in [-0.2, 0) is 6.18 Å². The average molecular weight is 301 g/mol. The second kappa shape index (κ2) is 5.52. The lowest BCUT2D eigenvalue weighted by atomic mass is 9.87. The molecule has 2 atom stereocenters. The van der Waals surface area contributed by atoms with Crippen molar-refractivity contribution in [2.24, 2.45) is 17.1 Å². The molecule has 1 fully saturated rings. The number of hydrogen-bond donors (Lipinski definition) is 1. The zero-order chi connectivity index (χ0) is 15.8. The maximum atomic E-state index is 13.2. The number of ether oxygens (including phenoxy) is 1. The maximum absolute atomic E-state index is 13.2. The van der Waals surface area contributed by atoms with E-state index >= 15 is 0 Å². The summed E-state index contributed by atoms with van der Waals surface area (Å²) in [5.41, 5.74) is 5.46. The van der Waals surface area contributed by atoms with Crippen LogP contribution in [0.3, 0.4) is 0 Å². The summed E-state index contributed by atoms with van der Waals surface area (Å²) in [5, 5.41) is 0. The van der Waals surface area contributed by atoms with Crippen molar-refractivity contribution in [2.75, 3.05) is 13.2 Å². The van der Waals surface area contributed by atoms with Crippen LogP contribution in [0.15, 0.2) is 18.2 Å². The van der Waals surface area contributed by atoms with E-state index in [0.29, 0.717) is 5.92 Å². The summed E-state index contributed by atoms with van der Waals surface area (Å²) in [6.07, 6.45) is -3.46. The highest BCUT2D eigenvalue weighted by molar-refractivity contribution is 5.42. The second-order valence-electron chi connectivity index (χ2n) is 6.71. The molecule has 0 bridgehead atoms. The summed E-state index contributed by atoms with van der Waals surface area (Å²) in [6.45, 7) is 6.65. The van der Waals surface area contributed by atoms with Crippen LogP contribution < -0.4 is 10.5 Å². The molecule has 0 radical (unpaired) electrons. The first kappa shape index (κ1) is 16.1. The van der Waals surface area contributed by atoms with E-state index in [-0.39, 0.29) is 30.2 Å². The molecule has 1 aromatic rings. The van der Waals surface area contributed by atoms with Crippen molar-refractivity contribution in [1.82, 2.24) is 0 Å². The minimum Gasteiger partial charge on any atom is -0.492 e. The molecule has 1 saturated carbocycles. The molecule has 118 valence electrons. The number of benzene rings is 1. The molecule has 1 aliphatic rings. The van der Waals surface area contributed by atoms with Gasteiger partial charge in [0.25, 0.3) is 0 Å². The second-order valence-corrected chi connectivity index (χ2v) is 6.71. The van der Waals surface area contributed by atoms with Gasteiger partial charge in [-0.15, -0.1) is 0 Å². The summed E-state index contributed by atoms with van der Waals surface area (Å²) in [7, 11) is 0. The molecule has 0 unspecified atom stereocenters. The predicted molar refractivity (Wildman–Crippen MR) is 76.3 cm³/mol. The third-order valence-corrected chi connectivity index (χ3v) is 4.02. The molecule has 1 aromatic carbocycles. The van der Waals surface area contributed by atoms with Crippen molar-refractivity contribution in [3.63, 3.8) is 0 Å². The minimum atomic E-state index is -4.41. The molecule has 5 heteroatoms. The largest absolute Gasteiger partial charge is 0.492 e. The van der Waals surface area contributed by atoms with Gasteiger partial charge < -0.3 is 10.5 Å². The smallest absolute Gasteiger partial charge is 0.419 e. The Balaban J connectivity index is 2.27. The van der Waals surface area contributed by atoms with Gasteiger partial charge in [-0.25, -0.2) is 0 Å². The third-order valence-electron chi connectivity index (χ3n) is 4.02. The van der Waals surface area contributed by atoms with Crippen molar-refractivity contribution < 1.29 is 17.9 Å². The molecular weight excluding hydrogens is 279 g/mol. The average Bonchev–Trinajstić information content (AvgIpc) is 3.15. The Bertz CT molecular complexity index is 505. The first-order chi connectivity index (χ1) is 9.64. The fraction of sp³-hybridized carbons (Fsp3) is 0.625. The van der Waals surface area contributed by atoms with Crippen LogP contribution in [-0.4, -0.2) is 13.2 Å². The normalized spacial score (nSPS) is 22.2. The zero-order valence-electron chi connectivity index (χ0n) is 12.6. The summed E-state index contributed by atoms with van der Waals surface area (Å²) in [5.74, 6) is 0.522. The van der Waals surface area contributed by atoms with E-state index in [1.54, 1.807) is 6.07 Å². The molecule has 0 aliphatic heterocycles. The summed E-state index contributed by atoms with van der Waals surface area (Å²) in [6, 6.07) is 4.41. The van der Waals surface area contributed by atoms with Gasteiger partial charge in [0.1, 0.15) is 12.4 Å². The lowest BCUT2D eigenvalue weighted by molar-refractivity contribution is -0.139. The lowest BCUT2D eigenvalue weighted by Crippen LogP contribution is -2.15. The first-order valence-corrected chi connectivity index (χ1v) is 7.18. The van der Waals surface area contributed by atoms with Crippen molar-refractivity contribution in [2.45, 2.75) is 39.3 Å². The quantitative estimate of drug-likeness (QED) is 0.905. The summed E-state index contributed by atoms with van der Waals surface area (Å²) in [4.78, 5) is 0. The highest BCUT2D eigenvalue weighted by Gasteiger charge is 2.46. The molecule has 2 nitrogen and oxygen atoms in total. The highest BCUT2D eigenvalue weighted by Crippen LogP contribution is 2.57. The molecule has 0 spiro atoms. The summed E-state index contributed by atoms with van der Waals surface area (Å²) >= 11 is 0. The van der Waals surface area contributed by atoms with Gasteiger partial charge in [0, 0.05) is 6.54 Å². The predicted octanol–water partition coefficient (Wildman–Crippen LogP) is 4.19. The Morgan fingerprint density at radius 2 is 1.90 bits per heavy atom. The van der Waals surface area contributed by atoms with E-state index in [4.69, 9.17) is 10.5 Å². The summed E-state index contributed by atoms with van der Waals surface area (Å²) < 4.78 is 44.6. The molecule has 1 aliphatic carbocycles. The lowest BCUT2D eigenvalue weighted by Gasteiger charge is -2.19. The van der Waals surface area contributed by atoms with Crippen molar-refractivity contribution in [3.05, 3.63) is 29.3 Å². The number of alkyl halides is 3. The third kappa shape index (κ3) is 3.70. The Morgan fingerprint density at radius 1 is 1.24 bits per heavy atom. The van der Waals surface area contributed by atoms with Crippen LogP contribution in [0.5, 0.6) is 5.75 Å². The van der Waals surface area contributed by atoms with Gasteiger partial charge in [-0.3, -0.25) is 0 Å². The van der Waals surface area contributed by atoms with Crippen molar-refractivity contribution in [3.8, 4) is 5.75 Å². The van der Waals surface area contributed by atoms with Crippen LogP contribution >= 0.6 is 0 Å². The van der Waals surface area contributed by atoms with E-state index in [1.807, 2.05) is 0 Å². The van der Waals surface area contributed by atoms with Gasteiger partial charge in [0.15, 0.2) is 0 Å². The SMILES string of the molecule is CC(C)(C)[C@@H]1C[C@H]1c1ccc(OCCN)c(C(F)(F)F)c1. The Kier molecular flexibility index (Phi) is 4.24. The van der Waals surface area contributed by atoms with E-state index in [2.05, 4.69) is 20.8 Å². The molecule has 0 heterocycles. The van der Waals surface area contributed by atoms with Gasteiger partial charge in [0.2, 0.25) is 0 Å². The number of nitrogens with two attached hydrogens (primary N) is 1. The number of halogens is 3. The molecule has 2 N–H and O–H groups in total. The standard InChI is InChI=1S/C16H22F3NO/c1-15(2,3)12-9-11(12)10-4-5-14(21-7-6-20)13(8-10)16(17,18)19/h4-5,8,11-12H,6-7,9,20H2,1-3H3/t11-,12+/m0/s1. The van der Waals surface area contributed by atoms with Gasteiger partial charge in [-0.1, -0.05) is 26.8 Å². The zero-order valence-corrected chi connectivity index (χ0v) is 12.6. The van der Waals surface area contributed by atoms with Crippen molar-refractivity contribution in [1.29, 1.82) is 0 Å². The maximum Gasteiger partial charge on any atom is 0.419 e. The number of rotatable bonds is 4. The van der Waals surface area contributed by atoms with E-state index < -0.39 is 11.7 Å². The number of hydrogen-bond acceptors (Lipinski definition) is 2. The highest BCUT2D eigenvalue weighted by atomic mass is 19.4. The topological polar surface area (TPSA) is 35.2 Å². The van der Waals surface area contributed by atoms with Gasteiger partial charge in [0.05, 0.1) is 5.56 Å². The van der Waals surface area contributed by atoms with Crippen LogP contribution in [0, 0.1) is 11.3 Å². The fourth-order valence-corrected chi connectivity index (χ4v) is 2.82. The van der Waals surface area contributed by atoms with Crippen molar-refractivity contribution >= 4 is 0 Å². The Morgan fingerprint density at radius 3 is 2.38 bits per heavy atom. The molecule has 21 heavy (non-hydrogen) atoms.